The SMILES string of the molecule is C.CO.C[N+](C)(C)CCOP(=O)(O)OCC=O.C[SiH]1O[Si]2(C)O[SiH](C)O[Si](CCCN)(O1)O2.C[SiH]1O[Si]2(C)O[SiH](C)O[Si](CCCNCCOP(=O)(O)OCC[N+](C)(C)C)(O1)O2. The Bertz CT molecular complexity index is 1360. The Labute approximate surface area is 381 Å². The fraction of sp³-hybridized carbons (Fsp3) is 0.964. The lowest BCUT2D eigenvalue weighted by molar-refractivity contribution is -0.870. The highest BCUT2D eigenvalue weighted by molar-refractivity contribution is 7.47. The van der Waals surface area contributed by atoms with E-state index < -0.39 is 94.6 Å². The summed E-state index contributed by atoms with van der Waals surface area (Å²) in [6, 6.07) is 1.50. The predicted molar refractivity (Wildman–Crippen MR) is 249 cm³/mol. The van der Waals surface area contributed by atoms with E-state index in [2.05, 4.69) is 14.4 Å². The van der Waals surface area contributed by atoms with Gasteiger partial charge in [-0.3, -0.25) is 18.1 Å². The number of nitrogens with two attached hydrogens (primary N) is 1. The maximum absolute atomic E-state index is 11.8. The van der Waals surface area contributed by atoms with Gasteiger partial charge >= 0.3 is 88.0 Å². The largest absolute Gasteiger partial charge is 0.475 e. The van der Waals surface area contributed by atoms with E-state index in [1.165, 1.54) is 0 Å². The molecule has 0 aliphatic carbocycles. The van der Waals surface area contributed by atoms with Crippen molar-refractivity contribution in [2.75, 3.05) is 109 Å². The molecule has 4 aliphatic rings. The average Bonchev–Trinajstić information content (AvgIpc) is 3.07. The summed E-state index contributed by atoms with van der Waals surface area (Å²) in [5.41, 5.74) is 5.54. The van der Waals surface area contributed by atoms with Crippen LogP contribution < -0.4 is 11.1 Å². The Morgan fingerprint density at radius 2 is 0.984 bits per heavy atom. The highest BCUT2D eigenvalue weighted by Crippen LogP contribution is 2.43. The van der Waals surface area contributed by atoms with Gasteiger partial charge < -0.3 is 80.9 Å². The van der Waals surface area contributed by atoms with E-state index in [9.17, 15) is 18.8 Å². The number of fused-ring (bicyclic) bond motifs is 4. The van der Waals surface area contributed by atoms with Gasteiger partial charge in [0.15, 0.2) is 0 Å². The van der Waals surface area contributed by atoms with E-state index >= 15 is 0 Å². The van der Waals surface area contributed by atoms with Gasteiger partial charge in [-0.05, 0) is 52.1 Å². The first-order valence-corrected chi connectivity index (χ1v) is 39.7. The smallest absolute Gasteiger partial charge is 0.400 e. The topological polar surface area (TPSA) is 279 Å². The Balaban J connectivity index is 0.000000955. The van der Waals surface area contributed by atoms with Gasteiger partial charge in [0.1, 0.15) is 39.2 Å². The summed E-state index contributed by atoms with van der Waals surface area (Å²) in [4.78, 5) is 28.5. The monoisotopic (exact) mass is 1080 g/mol. The molecule has 0 aromatic rings. The van der Waals surface area contributed by atoms with E-state index in [0.717, 1.165) is 26.0 Å². The molecule has 0 saturated carbocycles. The maximum Gasteiger partial charge on any atom is 0.475 e. The van der Waals surface area contributed by atoms with E-state index in [1.807, 2.05) is 81.6 Å². The summed E-state index contributed by atoms with van der Waals surface area (Å²) < 4.78 is 102. The fourth-order valence-electron chi connectivity index (χ4n) is 5.69. The quantitative estimate of drug-likeness (QED) is 0.0315. The number of carbonyl (C=O) groups is 1. The molecule has 34 heteroatoms. The Morgan fingerprint density at radius 3 is 1.34 bits per heavy atom. The van der Waals surface area contributed by atoms with Crippen LogP contribution in [0.15, 0.2) is 0 Å². The first kappa shape index (κ1) is 63.0. The molecule has 4 saturated heterocycles. The van der Waals surface area contributed by atoms with Crippen molar-refractivity contribution >= 4 is 94.3 Å². The molecule has 4 rings (SSSR count). The van der Waals surface area contributed by atoms with Crippen molar-refractivity contribution in [2.24, 2.45) is 5.73 Å². The molecule has 0 aromatic carbocycles. The first-order chi connectivity index (χ1) is 28.1. The summed E-state index contributed by atoms with van der Waals surface area (Å²) in [7, 11) is -12.4. The van der Waals surface area contributed by atoms with Crippen LogP contribution in [0.3, 0.4) is 0 Å². The molecule has 0 amide bonds. The number of nitrogens with zero attached hydrogens (tertiary/aromatic N) is 2. The summed E-state index contributed by atoms with van der Waals surface area (Å²) in [6.07, 6.45) is 2.07. The van der Waals surface area contributed by atoms with Crippen LogP contribution in [0.25, 0.3) is 0 Å². The molecule has 4 fully saturated rings. The van der Waals surface area contributed by atoms with E-state index in [0.29, 0.717) is 54.0 Å². The summed E-state index contributed by atoms with van der Waals surface area (Å²) in [5.74, 6) is 0. The van der Waals surface area contributed by atoms with Crippen LogP contribution >= 0.6 is 15.6 Å². The molecule has 4 heterocycles. The second-order valence-corrected chi connectivity index (χ2v) is 40.0. The number of hydrogen-bond donors (Lipinski definition) is 5. The second-order valence-electron chi connectivity index (χ2n) is 16.2. The third-order valence-electron chi connectivity index (χ3n) is 7.98. The van der Waals surface area contributed by atoms with Crippen molar-refractivity contribution in [3.63, 3.8) is 0 Å². The van der Waals surface area contributed by atoms with Gasteiger partial charge in [0.05, 0.1) is 48.9 Å². The van der Waals surface area contributed by atoms with Gasteiger partial charge in [-0.2, -0.15) is 0 Å². The maximum atomic E-state index is 11.8. The van der Waals surface area contributed by atoms with Gasteiger partial charge in [0.25, 0.3) is 0 Å². The fourth-order valence-corrected chi connectivity index (χ4v) is 43.6. The van der Waals surface area contributed by atoms with Crippen LogP contribution in [0.2, 0.25) is 51.4 Å². The van der Waals surface area contributed by atoms with Gasteiger partial charge in [-0.1, -0.05) is 7.43 Å². The number of aldehydes is 1. The second kappa shape index (κ2) is 28.5. The van der Waals surface area contributed by atoms with Crippen molar-refractivity contribution in [1.29, 1.82) is 0 Å². The van der Waals surface area contributed by atoms with Crippen LogP contribution in [-0.4, -0.2) is 211 Å². The molecule has 24 nitrogen and oxygen atoms in total. The Kier molecular flexibility index (Phi) is 29.0. The van der Waals surface area contributed by atoms with Crippen molar-refractivity contribution in [2.45, 2.75) is 71.6 Å². The summed E-state index contributed by atoms with van der Waals surface area (Å²) in [6.45, 7) is 14.7. The molecular formula is C28H80N4O20P2Si8+2. The number of likely N-dealkylation sites (N-methyl/N-ethyl adjacent to an activating group) is 2. The molecule has 0 radical (unpaired) electrons. The van der Waals surface area contributed by atoms with Gasteiger partial charge in [0.2, 0.25) is 0 Å². The minimum atomic E-state index is -4.04. The molecule has 0 spiro atoms. The molecule has 4 bridgehead atoms. The molecule has 372 valence electrons. The molecular weight excluding hydrogens is 999 g/mol. The van der Waals surface area contributed by atoms with E-state index in [4.69, 9.17) is 65.9 Å². The molecule has 6 N–H and O–H groups in total. The Morgan fingerprint density at radius 1 is 0.629 bits per heavy atom. The van der Waals surface area contributed by atoms with E-state index in [-0.39, 0.29) is 27.2 Å². The third-order valence-corrected chi connectivity index (χ3v) is 40.6. The average molecular weight is 1080 g/mol. The first-order valence-electron chi connectivity index (χ1n) is 20.0. The minimum absolute atomic E-state index is 0. The zero-order valence-electron chi connectivity index (χ0n) is 38.2. The zero-order valence-corrected chi connectivity index (χ0v) is 48.6. The van der Waals surface area contributed by atoms with Crippen LogP contribution in [0, 0.1) is 0 Å². The highest BCUT2D eigenvalue weighted by atomic mass is 31.2. The molecule has 4 aliphatic heterocycles. The number of phosphoric ester groups is 2. The number of hydrogen-bond acceptors (Lipinski definition) is 20. The predicted octanol–water partition coefficient (Wildman–Crippen LogP) is 0.0476. The molecule has 62 heavy (non-hydrogen) atoms. The lowest BCUT2D eigenvalue weighted by Gasteiger charge is -2.50. The Hall–Kier alpha value is 1.03. The zero-order chi connectivity index (χ0) is 46.8. The van der Waals surface area contributed by atoms with Gasteiger partial charge in [-0.25, -0.2) is 9.13 Å². The lowest BCUT2D eigenvalue weighted by atomic mass is 10.5. The molecule has 0 aromatic heterocycles. The van der Waals surface area contributed by atoms with Crippen LogP contribution in [0.4, 0.5) is 0 Å². The summed E-state index contributed by atoms with van der Waals surface area (Å²) >= 11 is 0. The van der Waals surface area contributed by atoms with Gasteiger partial charge in [0, 0.05) is 38.8 Å². The number of phosphoric acid groups is 2. The number of aliphatic hydroxyl groups is 1. The van der Waals surface area contributed by atoms with Crippen molar-refractivity contribution < 1.29 is 97.0 Å². The standard InChI is InChI=1S/C13H35N2O9PSi4.C7H16NO5P.C6H19NO5Si4.CH4O.CH4/c1-15(2,3)10-12-19-25(16,17)18-11-9-14-8-7-13-29-22-26(4)20-28(6,24-29)21-27(5)23-29;1-8(2,3)4-6-12-14(10,11)13-7-5-9;1-13-8-15(3)9-14(2)11-16(10-13,12-15)6-4-5-7;1-2;/h14,26-27H,7-13H2,1-6H3;5H,4,6-7H2,1-3H3;13-14H,4-7H2,1-3H3;2H,1H3;1H4/p+2. The van der Waals surface area contributed by atoms with Gasteiger partial charge in [-0.15, -0.1) is 0 Å². The van der Waals surface area contributed by atoms with Crippen LogP contribution in [-0.2, 0) is 73.2 Å². The summed E-state index contributed by atoms with van der Waals surface area (Å²) in [5, 5.41) is 10.2. The number of aliphatic hydroxyl groups excluding tert-OH is 1. The number of nitrogens with one attached hydrogen (secondary N) is 1. The number of rotatable bonds is 22. The normalized spacial score (nSPS) is 32.4. The van der Waals surface area contributed by atoms with Crippen molar-refractivity contribution in [1.82, 2.24) is 5.32 Å². The van der Waals surface area contributed by atoms with E-state index in [1.54, 1.807) is 0 Å². The molecule has 6 atom stereocenters. The van der Waals surface area contributed by atoms with Crippen LogP contribution in [0.1, 0.15) is 20.3 Å². The van der Waals surface area contributed by atoms with Crippen LogP contribution in [0.5, 0.6) is 0 Å². The number of carbonyl (C=O) groups excluding carboxylic acids is 1. The van der Waals surface area contributed by atoms with Crippen molar-refractivity contribution in [3.05, 3.63) is 0 Å². The third kappa shape index (κ3) is 26.5. The minimum Gasteiger partial charge on any atom is -0.400 e. The number of quaternary nitrogens is 2. The highest BCUT2D eigenvalue weighted by Gasteiger charge is 2.62. The molecule has 6 unspecified atom stereocenters. The lowest BCUT2D eigenvalue weighted by Crippen LogP contribution is -2.72. The van der Waals surface area contributed by atoms with Crippen molar-refractivity contribution in [3.8, 4) is 0 Å².